The molecule has 0 fully saturated rings. The second-order valence-corrected chi connectivity index (χ2v) is 3.47. The van der Waals surface area contributed by atoms with Crippen molar-refractivity contribution >= 4 is 29.2 Å². The lowest BCUT2D eigenvalue weighted by atomic mass is 10.3. The minimum atomic E-state index is -0.625. The van der Waals surface area contributed by atoms with E-state index in [9.17, 15) is 4.79 Å². The molecule has 0 spiro atoms. The lowest BCUT2D eigenvalue weighted by Gasteiger charge is -2.06. The highest BCUT2D eigenvalue weighted by molar-refractivity contribution is 6.43. The summed E-state index contributed by atoms with van der Waals surface area (Å²) in [5.74, 6) is -0.625. The molecule has 0 aliphatic heterocycles. The van der Waals surface area contributed by atoms with Crippen molar-refractivity contribution in [3.05, 3.63) is 27.5 Å². The molecule has 0 N–H and O–H groups in total. The van der Waals surface area contributed by atoms with Gasteiger partial charge in [0.1, 0.15) is 0 Å². The van der Waals surface area contributed by atoms with Crippen LogP contribution < -0.4 is 0 Å². The van der Waals surface area contributed by atoms with Crippen molar-refractivity contribution < 1.29 is 14.3 Å². The summed E-state index contributed by atoms with van der Waals surface area (Å²) in [6.45, 7) is 0.251. The number of rotatable bonds is 3. The summed E-state index contributed by atoms with van der Waals surface area (Å²) in [5.41, 5.74) is 0.519. The summed E-state index contributed by atoms with van der Waals surface area (Å²) in [6, 6.07) is 1.54. The maximum absolute atomic E-state index is 11.3. The van der Waals surface area contributed by atoms with Gasteiger partial charge in [-0.2, -0.15) is 0 Å². The Morgan fingerprint density at radius 2 is 2.13 bits per heavy atom. The van der Waals surface area contributed by atoms with Gasteiger partial charge in [0.05, 0.1) is 29.5 Å². The molecule has 0 aromatic carbocycles. The Labute approximate surface area is 97.1 Å². The van der Waals surface area contributed by atoms with Crippen molar-refractivity contribution in [1.82, 2.24) is 4.98 Å². The molecular formula is C9H9Cl2NO3. The van der Waals surface area contributed by atoms with Gasteiger partial charge in [-0.05, 0) is 6.07 Å². The minimum Gasteiger partial charge on any atom is -0.464 e. The fourth-order valence-electron chi connectivity index (χ4n) is 1.00. The van der Waals surface area contributed by atoms with Gasteiger partial charge in [0.2, 0.25) is 0 Å². The van der Waals surface area contributed by atoms with Crippen LogP contribution in [0.5, 0.6) is 0 Å². The first-order chi connectivity index (χ1) is 7.10. The number of esters is 1. The van der Waals surface area contributed by atoms with Crippen molar-refractivity contribution in [2.24, 2.45) is 0 Å². The van der Waals surface area contributed by atoms with Crippen LogP contribution in [0.3, 0.4) is 0 Å². The number of ether oxygens (including phenoxy) is 2. The predicted octanol–water partition coefficient (Wildman–Crippen LogP) is 2.32. The number of aromatic nitrogens is 1. The average Bonchev–Trinajstić information content (AvgIpc) is 2.22. The topological polar surface area (TPSA) is 48.4 Å². The van der Waals surface area contributed by atoms with E-state index in [1.54, 1.807) is 6.07 Å². The molecule has 1 rings (SSSR count). The highest BCUT2D eigenvalue weighted by Gasteiger charge is 2.16. The van der Waals surface area contributed by atoms with Crippen LogP contribution in [-0.4, -0.2) is 25.2 Å². The maximum Gasteiger partial charge on any atom is 0.358 e. The average molecular weight is 250 g/mol. The molecule has 0 amide bonds. The molecule has 0 saturated heterocycles. The van der Waals surface area contributed by atoms with Crippen molar-refractivity contribution in [2.45, 2.75) is 6.61 Å². The molecule has 15 heavy (non-hydrogen) atoms. The summed E-state index contributed by atoms with van der Waals surface area (Å²) >= 11 is 11.6. The Morgan fingerprint density at radius 1 is 1.47 bits per heavy atom. The molecule has 0 unspecified atom stereocenters. The van der Waals surface area contributed by atoms with E-state index in [1.165, 1.54) is 14.2 Å². The number of carbonyl (C=O) groups excluding carboxylic acids is 1. The molecule has 1 aromatic heterocycles. The number of methoxy groups -OCH3 is 2. The summed E-state index contributed by atoms with van der Waals surface area (Å²) in [5, 5.41) is 0.336. The standard InChI is InChI=1S/C9H9Cl2NO3/c1-14-4-5-3-6(10)7(11)8(12-5)9(13)15-2/h3H,4H2,1-2H3. The lowest BCUT2D eigenvalue weighted by Crippen LogP contribution is -2.08. The van der Waals surface area contributed by atoms with E-state index < -0.39 is 5.97 Å². The van der Waals surface area contributed by atoms with Crippen molar-refractivity contribution in [3.63, 3.8) is 0 Å². The van der Waals surface area contributed by atoms with E-state index in [4.69, 9.17) is 27.9 Å². The van der Waals surface area contributed by atoms with Crippen molar-refractivity contribution in [2.75, 3.05) is 14.2 Å². The minimum absolute atomic E-state index is 0.00119. The van der Waals surface area contributed by atoms with Gasteiger partial charge in [-0.15, -0.1) is 0 Å². The van der Waals surface area contributed by atoms with E-state index in [2.05, 4.69) is 9.72 Å². The molecule has 0 aliphatic carbocycles. The van der Waals surface area contributed by atoms with Crippen molar-refractivity contribution in [1.29, 1.82) is 0 Å². The number of halogens is 2. The number of hydrogen-bond acceptors (Lipinski definition) is 4. The second-order valence-electron chi connectivity index (χ2n) is 2.68. The zero-order chi connectivity index (χ0) is 11.4. The quantitative estimate of drug-likeness (QED) is 0.772. The van der Waals surface area contributed by atoms with Gasteiger partial charge in [0.25, 0.3) is 0 Å². The van der Waals surface area contributed by atoms with Gasteiger partial charge in [0, 0.05) is 7.11 Å². The molecular weight excluding hydrogens is 241 g/mol. The Kier molecular flexibility index (Phi) is 4.32. The van der Waals surface area contributed by atoms with E-state index in [-0.39, 0.29) is 22.3 Å². The van der Waals surface area contributed by atoms with Crippen LogP contribution in [0, 0.1) is 0 Å². The van der Waals surface area contributed by atoms with Crippen LogP contribution >= 0.6 is 23.2 Å². The van der Waals surface area contributed by atoms with Crippen LogP contribution in [-0.2, 0) is 16.1 Å². The van der Waals surface area contributed by atoms with E-state index >= 15 is 0 Å². The van der Waals surface area contributed by atoms with E-state index in [1.807, 2.05) is 0 Å². The number of hydrogen-bond donors (Lipinski definition) is 0. The van der Waals surface area contributed by atoms with Gasteiger partial charge in [0.15, 0.2) is 5.69 Å². The lowest BCUT2D eigenvalue weighted by molar-refractivity contribution is 0.0593. The number of nitrogens with zero attached hydrogens (tertiary/aromatic N) is 1. The third-order valence-electron chi connectivity index (χ3n) is 1.64. The van der Waals surface area contributed by atoms with Gasteiger partial charge < -0.3 is 9.47 Å². The summed E-state index contributed by atoms with van der Waals surface area (Å²) < 4.78 is 9.39. The van der Waals surface area contributed by atoms with Crippen LogP contribution in [0.2, 0.25) is 10.0 Å². The summed E-state index contributed by atoms with van der Waals surface area (Å²) in [7, 11) is 2.76. The van der Waals surface area contributed by atoms with Crippen LogP contribution in [0.4, 0.5) is 0 Å². The molecule has 0 radical (unpaired) electrons. The maximum atomic E-state index is 11.3. The molecule has 4 nitrogen and oxygen atoms in total. The molecule has 82 valence electrons. The Bertz CT molecular complexity index is 382. The van der Waals surface area contributed by atoms with Crippen LogP contribution in [0.15, 0.2) is 6.07 Å². The highest BCUT2D eigenvalue weighted by Crippen LogP contribution is 2.26. The first-order valence-electron chi connectivity index (χ1n) is 4.02. The van der Waals surface area contributed by atoms with Gasteiger partial charge >= 0.3 is 5.97 Å². The largest absolute Gasteiger partial charge is 0.464 e. The summed E-state index contributed by atoms with van der Waals surface area (Å²) in [4.78, 5) is 15.3. The normalized spacial score (nSPS) is 10.1. The van der Waals surface area contributed by atoms with Crippen molar-refractivity contribution in [3.8, 4) is 0 Å². The Morgan fingerprint density at radius 3 is 2.67 bits per heavy atom. The fourth-order valence-corrected chi connectivity index (χ4v) is 1.39. The van der Waals surface area contributed by atoms with Gasteiger partial charge in [-0.25, -0.2) is 9.78 Å². The third kappa shape index (κ3) is 2.81. The molecule has 1 heterocycles. The van der Waals surface area contributed by atoms with Crippen LogP contribution in [0.25, 0.3) is 0 Å². The SMILES string of the molecule is COCc1cc(Cl)c(Cl)c(C(=O)OC)n1. The molecule has 0 bridgehead atoms. The first kappa shape index (κ1) is 12.2. The Hall–Kier alpha value is -0.840. The second kappa shape index (κ2) is 5.30. The number of pyridine rings is 1. The first-order valence-corrected chi connectivity index (χ1v) is 4.78. The molecule has 1 aromatic rings. The highest BCUT2D eigenvalue weighted by atomic mass is 35.5. The zero-order valence-corrected chi connectivity index (χ0v) is 9.72. The van der Waals surface area contributed by atoms with E-state index in [0.29, 0.717) is 5.69 Å². The molecule has 0 saturated carbocycles. The molecule has 6 heteroatoms. The van der Waals surface area contributed by atoms with Gasteiger partial charge in [-0.1, -0.05) is 23.2 Å². The number of carbonyl (C=O) groups is 1. The molecule has 0 atom stereocenters. The molecule has 0 aliphatic rings. The third-order valence-corrected chi connectivity index (χ3v) is 2.41. The summed E-state index contributed by atoms with van der Waals surface area (Å²) in [6.07, 6.45) is 0. The predicted molar refractivity (Wildman–Crippen MR) is 56.3 cm³/mol. The Balaban J connectivity index is 3.18. The smallest absolute Gasteiger partial charge is 0.358 e. The van der Waals surface area contributed by atoms with E-state index in [0.717, 1.165) is 0 Å². The fraction of sp³-hybridized carbons (Fsp3) is 0.333. The zero-order valence-electron chi connectivity index (χ0n) is 8.21. The van der Waals surface area contributed by atoms with Gasteiger partial charge in [-0.3, -0.25) is 0 Å². The van der Waals surface area contributed by atoms with Crippen LogP contribution in [0.1, 0.15) is 16.2 Å². The monoisotopic (exact) mass is 249 g/mol.